The van der Waals surface area contributed by atoms with Crippen molar-refractivity contribution in [3.05, 3.63) is 103 Å². The molecule has 0 aliphatic heterocycles. The Hall–Kier alpha value is -3.25. The Labute approximate surface area is 161 Å². The summed E-state index contributed by atoms with van der Waals surface area (Å²) in [5.41, 5.74) is 2.00. The van der Waals surface area contributed by atoms with Gasteiger partial charge in [-0.1, -0.05) is 36.4 Å². The van der Waals surface area contributed by atoms with Gasteiger partial charge >= 0.3 is 0 Å². The molecule has 0 N–H and O–H groups in total. The number of nitrogens with zero attached hydrogens (tertiary/aromatic N) is 1. The maximum atomic E-state index is 14.2. The Balaban J connectivity index is 1.73. The van der Waals surface area contributed by atoms with Gasteiger partial charge in [-0.3, -0.25) is 0 Å². The molecule has 4 rings (SSSR count). The van der Waals surface area contributed by atoms with Crippen molar-refractivity contribution in [3.8, 4) is 22.4 Å². The van der Waals surface area contributed by atoms with Gasteiger partial charge in [0.15, 0.2) is 0 Å². The molecule has 0 saturated carbocycles. The maximum absolute atomic E-state index is 14.2. The first-order chi connectivity index (χ1) is 13.5. The van der Waals surface area contributed by atoms with E-state index in [9.17, 15) is 17.2 Å². The van der Waals surface area contributed by atoms with E-state index in [-0.39, 0.29) is 22.0 Å². The molecule has 3 aromatic carbocycles. The Morgan fingerprint density at radius 1 is 0.679 bits per heavy atom. The van der Waals surface area contributed by atoms with Crippen LogP contribution in [0, 0.1) is 11.6 Å². The maximum Gasteiger partial charge on any atom is 0.268 e. The zero-order valence-corrected chi connectivity index (χ0v) is 15.4. The van der Waals surface area contributed by atoms with Crippen LogP contribution in [0.1, 0.15) is 0 Å². The number of rotatable bonds is 4. The summed E-state index contributed by atoms with van der Waals surface area (Å²) in [6, 6.07) is 21.4. The molecule has 0 spiro atoms. The molecule has 0 amide bonds. The number of benzene rings is 3. The van der Waals surface area contributed by atoms with Crippen molar-refractivity contribution in [3.63, 3.8) is 0 Å². The van der Waals surface area contributed by atoms with Gasteiger partial charge in [0.05, 0.1) is 10.6 Å². The fourth-order valence-electron chi connectivity index (χ4n) is 3.03. The molecule has 0 fully saturated rings. The Kier molecular flexibility index (Phi) is 4.57. The van der Waals surface area contributed by atoms with Gasteiger partial charge in [-0.15, -0.1) is 0 Å². The van der Waals surface area contributed by atoms with Crippen LogP contribution in [0.25, 0.3) is 22.4 Å². The minimum Gasteiger partial charge on any atom is -0.241 e. The van der Waals surface area contributed by atoms with Crippen LogP contribution in [0.5, 0.6) is 0 Å². The molecule has 0 bridgehead atoms. The van der Waals surface area contributed by atoms with Crippen LogP contribution in [0.15, 0.2) is 96.0 Å². The second kappa shape index (κ2) is 7.05. The lowest BCUT2D eigenvalue weighted by Crippen LogP contribution is -2.13. The van der Waals surface area contributed by atoms with Crippen LogP contribution in [0.3, 0.4) is 0 Å². The van der Waals surface area contributed by atoms with Crippen molar-refractivity contribution in [1.29, 1.82) is 0 Å². The summed E-state index contributed by atoms with van der Waals surface area (Å²) in [6.45, 7) is 0. The molecule has 0 atom stereocenters. The van der Waals surface area contributed by atoms with Crippen LogP contribution in [0.4, 0.5) is 8.78 Å². The Bertz CT molecular complexity index is 1230. The van der Waals surface area contributed by atoms with E-state index < -0.39 is 15.8 Å². The molecule has 140 valence electrons. The van der Waals surface area contributed by atoms with Crippen molar-refractivity contribution in [2.75, 3.05) is 0 Å². The van der Waals surface area contributed by atoms with Gasteiger partial charge in [0.1, 0.15) is 11.6 Å². The molecule has 0 aliphatic rings. The molecule has 1 aromatic heterocycles. The Morgan fingerprint density at radius 2 is 1.29 bits per heavy atom. The van der Waals surface area contributed by atoms with Gasteiger partial charge < -0.3 is 0 Å². The summed E-state index contributed by atoms with van der Waals surface area (Å²) in [5.74, 6) is -0.833. The third-order valence-corrected chi connectivity index (χ3v) is 6.16. The topological polar surface area (TPSA) is 39.1 Å². The van der Waals surface area contributed by atoms with Crippen LogP contribution < -0.4 is 0 Å². The first-order valence-corrected chi connectivity index (χ1v) is 9.95. The standard InChI is InChI=1S/C22H15F2NO2S/c23-18-11-7-16(8-12-18)17-9-13-19(14-10-17)28(26,27)25-15-3-6-22(25)20-4-1-2-5-21(20)24/h1-15H. The van der Waals surface area contributed by atoms with E-state index in [0.717, 1.165) is 15.1 Å². The molecule has 4 aromatic rings. The minimum absolute atomic E-state index is 0.0761. The zero-order chi connectivity index (χ0) is 19.7. The second-order valence-electron chi connectivity index (χ2n) is 6.21. The quantitative estimate of drug-likeness (QED) is 0.468. The average Bonchev–Trinajstić information content (AvgIpc) is 3.20. The van der Waals surface area contributed by atoms with Gasteiger partial charge in [-0.25, -0.2) is 21.2 Å². The third kappa shape index (κ3) is 3.23. The van der Waals surface area contributed by atoms with Crippen LogP contribution in [-0.2, 0) is 10.0 Å². The lowest BCUT2D eigenvalue weighted by Gasteiger charge is -2.12. The van der Waals surface area contributed by atoms with Gasteiger partial charge in [0.25, 0.3) is 10.0 Å². The Morgan fingerprint density at radius 3 is 1.93 bits per heavy atom. The largest absolute Gasteiger partial charge is 0.268 e. The van der Waals surface area contributed by atoms with Crippen molar-refractivity contribution >= 4 is 10.0 Å². The first kappa shape index (κ1) is 18.1. The number of hydrogen-bond donors (Lipinski definition) is 0. The molecule has 0 aliphatic carbocycles. The molecule has 3 nitrogen and oxygen atoms in total. The van der Waals surface area contributed by atoms with Crippen LogP contribution >= 0.6 is 0 Å². The molecular weight excluding hydrogens is 380 g/mol. The van der Waals surface area contributed by atoms with Crippen molar-refractivity contribution in [2.24, 2.45) is 0 Å². The number of aromatic nitrogens is 1. The second-order valence-corrected chi connectivity index (χ2v) is 8.02. The number of halogens is 2. The highest BCUT2D eigenvalue weighted by molar-refractivity contribution is 7.90. The smallest absolute Gasteiger partial charge is 0.241 e. The first-order valence-electron chi connectivity index (χ1n) is 8.51. The van der Waals surface area contributed by atoms with Gasteiger partial charge in [0.2, 0.25) is 0 Å². The predicted molar refractivity (Wildman–Crippen MR) is 104 cm³/mol. The van der Waals surface area contributed by atoms with E-state index in [1.165, 1.54) is 42.6 Å². The van der Waals surface area contributed by atoms with Crippen molar-refractivity contribution < 1.29 is 17.2 Å². The highest BCUT2D eigenvalue weighted by Gasteiger charge is 2.21. The summed E-state index contributed by atoms with van der Waals surface area (Å²) in [4.78, 5) is 0.0761. The predicted octanol–water partition coefficient (Wildman–Crippen LogP) is 5.34. The lowest BCUT2D eigenvalue weighted by molar-refractivity contribution is 0.587. The summed E-state index contributed by atoms with van der Waals surface area (Å²) < 4.78 is 54.5. The van der Waals surface area contributed by atoms with E-state index in [1.54, 1.807) is 48.5 Å². The van der Waals surface area contributed by atoms with Gasteiger partial charge in [-0.05, 0) is 59.7 Å². The lowest BCUT2D eigenvalue weighted by atomic mass is 10.1. The van der Waals surface area contributed by atoms with E-state index >= 15 is 0 Å². The van der Waals surface area contributed by atoms with Crippen LogP contribution in [0.2, 0.25) is 0 Å². The summed E-state index contributed by atoms with van der Waals surface area (Å²) in [7, 11) is -3.91. The fraction of sp³-hybridized carbons (Fsp3) is 0. The normalized spacial score (nSPS) is 11.5. The van der Waals surface area contributed by atoms with E-state index in [2.05, 4.69) is 0 Å². The molecule has 1 heterocycles. The van der Waals surface area contributed by atoms with E-state index in [0.29, 0.717) is 0 Å². The summed E-state index contributed by atoms with van der Waals surface area (Å²) in [6.07, 6.45) is 1.39. The van der Waals surface area contributed by atoms with Gasteiger partial charge in [0, 0.05) is 11.8 Å². The minimum atomic E-state index is -3.91. The zero-order valence-electron chi connectivity index (χ0n) is 14.6. The molecule has 0 radical (unpaired) electrons. The van der Waals surface area contributed by atoms with E-state index in [1.807, 2.05) is 0 Å². The van der Waals surface area contributed by atoms with Crippen molar-refractivity contribution in [1.82, 2.24) is 3.97 Å². The average molecular weight is 395 g/mol. The molecular formula is C22H15F2NO2S. The number of hydrogen-bond acceptors (Lipinski definition) is 2. The monoisotopic (exact) mass is 395 g/mol. The molecule has 0 unspecified atom stereocenters. The SMILES string of the molecule is O=S(=O)(c1ccc(-c2ccc(F)cc2)cc1)n1cccc1-c1ccccc1F. The molecule has 6 heteroatoms. The van der Waals surface area contributed by atoms with Gasteiger partial charge in [-0.2, -0.15) is 0 Å². The van der Waals surface area contributed by atoms with Crippen LogP contribution in [-0.4, -0.2) is 12.4 Å². The summed E-state index contributed by atoms with van der Waals surface area (Å²) in [5, 5.41) is 0. The third-order valence-electron chi connectivity index (χ3n) is 4.45. The summed E-state index contributed by atoms with van der Waals surface area (Å²) >= 11 is 0. The highest BCUT2D eigenvalue weighted by atomic mass is 32.2. The molecule has 28 heavy (non-hydrogen) atoms. The molecule has 0 saturated heterocycles. The fourth-order valence-corrected chi connectivity index (χ4v) is 4.38. The van der Waals surface area contributed by atoms with E-state index in [4.69, 9.17) is 0 Å². The van der Waals surface area contributed by atoms with Crippen molar-refractivity contribution in [2.45, 2.75) is 4.90 Å². The highest BCUT2D eigenvalue weighted by Crippen LogP contribution is 2.28.